The lowest BCUT2D eigenvalue weighted by atomic mass is 10.2. The molecule has 0 spiro atoms. The molecule has 2 aromatic heterocycles. The molecule has 0 fully saturated rings. The van der Waals surface area contributed by atoms with Crippen LogP contribution in [-0.4, -0.2) is 28.3 Å². The van der Waals surface area contributed by atoms with Crippen LogP contribution in [0.15, 0.2) is 39.4 Å². The molecule has 0 radical (unpaired) electrons. The van der Waals surface area contributed by atoms with Crippen molar-refractivity contribution in [3.05, 3.63) is 41.8 Å². The van der Waals surface area contributed by atoms with Crippen molar-refractivity contribution in [1.29, 1.82) is 0 Å². The number of fused-ring (bicyclic) bond motifs is 1. The van der Waals surface area contributed by atoms with Crippen molar-refractivity contribution in [1.82, 2.24) is 10.3 Å². The van der Waals surface area contributed by atoms with E-state index in [1.165, 1.54) is 6.92 Å². The summed E-state index contributed by atoms with van der Waals surface area (Å²) in [5.74, 6) is -0.245. The monoisotopic (exact) mass is 329 g/mol. The lowest BCUT2D eigenvalue weighted by Crippen LogP contribution is -2.30. The molecule has 1 aromatic carbocycles. The van der Waals surface area contributed by atoms with E-state index in [-0.39, 0.29) is 12.2 Å². The Morgan fingerprint density at radius 2 is 2.04 bits per heavy atom. The van der Waals surface area contributed by atoms with Gasteiger partial charge in [0.2, 0.25) is 0 Å². The van der Waals surface area contributed by atoms with Crippen LogP contribution >= 0.6 is 0 Å². The highest BCUT2D eigenvalue weighted by Crippen LogP contribution is 2.18. The van der Waals surface area contributed by atoms with Gasteiger partial charge in [-0.25, -0.2) is 0 Å². The van der Waals surface area contributed by atoms with Gasteiger partial charge in [0.25, 0.3) is 5.91 Å². The topological polar surface area (TPSA) is 107 Å². The zero-order valence-electron chi connectivity index (χ0n) is 13.1. The third-order valence-corrected chi connectivity index (χ3v) is 3.32. The van der Waals surface area contributed by atoms with Gasteiger partial charge in [0, 0.05) is 11.5 Å². The van der Waals surface area contributed by atoms with Crippen LogP contribution in [0.2, 0.25) is 0 Å². The number of carbonyl (C=O) groups is 2. The number of rotatable bonds is 5. The van der Waals surface area contributed by atoms with Gasteiger partial charge in [-0.3, -0.25) is 9.59 Å². The molecular weight excluding hydrogens is 314 g/mol. The maximum Gasteiger partial charge on any atom is 0.312 e. The minimum atomic E-state index is -0.979. The zero-order valence-corrected chi connectivity index (χ0v) is 13.1. The molecule has 0 unspecified atom stereocenters. The van der Waals surface area contributed by atoms with Gasteiger partial charge in [0.05, 0.1) is 6.42 Å². The number of benzene rings is 1. The largest absolute Gasteiger partial charge is 0.452 e. The van der Waals surface area contributed by atoms with E-state index in [4.69, 9.17) is 13.8 Å². The Hall–Kier alpha value is -3.16. The fourth-order valence-corrected chi connectivity index (χ4v) is 2.15. The molecule has 2 heterocycles. The van der Waals surface area contributed by atoms with E-state index >= 15 is 0 Å². The molecule has 0 saturated carbocycles. The summed E-state index contributed by atoms with van der Waals surface area (Å²) >= 11 is 0. The smallest absolute Gasteiger partial charge is 0.312 e. The van der Waals surface area contributed by atoms with E-state index in [1.807, 2.05) is 12.1 Å². The van der Waals surface area contributed by atoms with Crippen molar-refractivity contribution < 1.29 is 23.4 Å². The fourth-order valence-electron chi connectivity index (χ4n) is 2.15. The highest BCUT2D eigenvalue weighted by Gasteiger charge is 2.21. The summed E-state index contributed by atoms with van der Waals surface area (Å²) < 4.78 is 15.1. The van der Waals surface area contributed by atoms with Crippen molar-refractivity contribution in [2.45, 2.75) is 26.4 Å². The third kappa shape index (κ3) is 3.43. The van der Waals surface area contributed by atoms with Gasteiger partial charge in [0.15, 0.2) is 17.5 Å². The number of para-hydroxylation sites is 1. The van der Waals surface area contributed by atoms with Crippen molar-refractivity contribution in [2.75, 3.05) is 5.32 Å². The highest BCUT2D eigenvalue weighted by molar-refractivity contribution is 5.94. The molecule has 0 aliphatic heterocycles. The van der Waals surface area contributed by atoms with Crippen molar-refractivity contribution in [3.63, 3.8) is 0 Å². The van der Waals surface area contributed by atoms with E-state index in [1.54, 1.807) is 25.1 Å². The lowest BCUT2D eigenvalue weighted by molar-refractivity contribution is -0.152. The normalized spacial score (nSPS) is 12.1. The van der Waals surface area contributed by atoms with Crippen LogP contribution in [0.4, 0.5) is 5.82 Å². The van der Waals surface area contributed by atoms with Gasteiger partial charge in [-0.05, 0) is 26.0 Å². The molecule has 0 aliphatic rings. The first-order valence-electron chi connectivity index (χ1n) is 7.30. The summed E-state index contributed by atoms with van der Waals surface area (Å²) in [6.45, 7) is 3.18. The highest BCUT2D eigenvalue weighted by atomic mass is 16.5. The SMILES string of the molecule is Cc1cc(NC(=O)[C@@H](C)OC(=O)Cc2noc3ccccc23)no1. The van der Waals surface area contributed by atoms with E-state index in [9.17, 15) is 9.59 Å². The summed E-state index contributed by atoms with van der Waals surface area (Å²) in [5, 5.41) is 10.7. The Morgan fingerprint density at radius 1 is 1.25 bits per heavy atom. The Bertz CT molecular complexity index is 883. The second-order valence-corrected chi connectivity index (χ2v) is 5.25. The number of carbonyl (C=O) groups excluding carboxylic acids is 2. The van der Waals surface area contributed by atoms with E-state index in [0.717, 1.165) is 5.39 Å². The molecule has 124 valence electrons. The molecule has 1 amide bonds. The van der Waals surface area contributed by atoms with Crippen LogP contribution in [0.25, 0.3) is 11.0 Å². The molecule has 24 heavy (non-hydrogen) atoms. The van der Waals surface area contributed by atoms with Gasteiger partial charge in [0.1, 0.15) is 11.5 Å². The lowest BCUT2D eigenvalue weighted by Gasteiger charge is -2.11. The summed E-state index contributed by atoms with van der Waals surface area (Å²) in [7, 11) is 0. The number of nitrogens with zero attached hydrogens (tertiary/aromatic N) is 2. The van der Waals surface area contributed by atoms with E-state index in [0.29, 0.717) is 17.0 Å². The minimum absolute atomic E-state index is 0.0856. The molecular formula is C16H15N3O5. The van der Waals surface area contributed by atoms with Gasteiger partial charge in [-0.15, -0.1) is 0 Å². The Kier molecular flexibility index (Phi) is 4.28. The third-order valence-electron chi connectivity index (χ3n) is 3.32. The second-order valence-electron chi connectivity index (χ2n) is 5.25. The molecule has 3 rings (SSSR count). The Morgan fingerprint density at radius 3 is 2.79 bits per heavy atom. The van der Waals surface area contributed by atoms with Gasteiger partial charge in [-0.2, -0.15) is 0 Å². The van der Waals surface area contributed by atoms with Crippen LogP contribution < -0.4 is 5.32 Å². The predicted octanol–water partition coefficient (Wildman–Crippen LogP) is 2.24. The van der Waals surface area contributed by atoms with Crippen LogP contribution in [-0.2, 0) is 20.7 Å². The maximum absolute atomic E-state index is 12.0. The van der Waals surface area contributed by atoms with E-state index in [2.05, 4.69) is 15.6 Å². The average Bonchev–Trinajstić information content (AvgIpc) is 3.14. The molecule has 0 bridgehead atoms. The summed E-state index contributed by atoms with van der Waals surface area (Å²) in [6.07, 6.45) is -1.06. The number of hydrogen-bond acceptors (Lipinski definition) is 7. The minimum Gasteiger partial charge on any atom is -0.452 e. The fraction of sp³-hybridized carbons (Fsp3) is 0.250. The van der Waals surface area contributed by atoms with Gasteiger partial charge >= 0.3 is 5.97 Å². The summed E-state index contributed by atoms with van der Waals surface area (Å²) in [5.41, 5.74) is 1.06. The summed E-state index contributed by atoms with van der Waals surface area (Å²) in [6, 6.07) is 8.76. The molecule has 3 aromatic rings. The number of esters is 1. The second kappa shape index (κ2) is 6.53. The number of nitrogens with one attached hydrogen (secondary N) is 1. The predicted molar refractivity (Wildman–Crippen MR) is 83.1 cm³/mol. The molecule has 0 aliphatic carbocycles. The van der Waals surface area contributed by atoms with Crippen LogP contribution in [0.1, 0.15) is 18.4 Å². The number of amides is 1. The van der Waals surface area contributed by atoms with Gasteiger partial charge in [-0.1, -0.05) is 22.4 Å². The van der Waals surface area contributed by atoms with Crippen LogP contribution in [0, 0.1) is 6.92 Å². The Labute approximate surface area is 136 Å². The van der Waals surface area contributed by atoms with Crippen molar-refractivity contribution in [2.24, 2.45) is 0 Å². The first-order valence-corrected chi connectivity index (χ1v) is 7.30. The first-order chi connectivity index (χ1) is 11.5. The summed E-state index contributed by atoms with van der Waals surface area (Å²) in [4.78, 5) is 24.0. The van der Waals surface area contributed by atoms with Crippen molar-refractivity contribution in [3.8, 4) is 0 Å². The number of aryl methyl sites for hydroxylation is 1. The number of hydrogen-bond donors (Lipinski definition) is 1. The number of aromatic nitrogens is 2. The standard InChI is InChI=1S/C16H15N3O5/c1-9-7-14(19-23-9)17-16(21)10(2)22-15(20)8-12-11-5-3-4-6-13(11)24-18-12/h3-7,10H,8H2,1-2H3,(H,17,19,21)/t10-/m1/s1. The van der Waals surface area contributed by atoms with Crippen LogP contribution in [0.3, 0.4) is 0 Å². The van der Waals surface area contributed by atoms with E-state index < -0.39 is 18.0 Å². The maximum atomic E-state index is 12.0. The molecule has 1 N–H and O–H groups in total. The van der Waals surface area contributed by atoms with Crippen molar-refractivity contribution >= 4 is 28.7 Å². The number of anilines is 1. The molecule has 0 saturated heterocycles. The quantitative estimate of drug-likeness (QED) is 0.715. The zero-order chi connectivity index (χ0) is 17.1. The first kappa shape index (κ1) is 15.7. The molecule has 1 atom stereocenters. The average molecular weight is 329 g/mol. The van der Waals surface area contributed by atoms with Crippen LogP contribution in [0.5, 0.6) is 0 Å². The van der Waals surface area contributed by atoms with Gasteiger partial charge < -0.3 is 19.1 Å². The Balaban J connectivity index is 1.58. The molecule has 8 nitrogen and oxygen atoms in total. The molecule has 8 heteroatoms. The number of ether oxygens (including phenoxy) is 1.